The fourth-order valence-corrected chi connectivity index (χ4v) is 4.12. The molecule has 8 heteroatoms. The van der Waals surface area contributed by atoms with Crippen LogP contribution in [0.3, 0.4) is 0 Å². The lowest BCUT2D eigenvalue weighted by Crippen LogP contribution is -2.47. The second kappa shape index (κ2) is 11.0. The van der Waals surface area contributed by atoms with Crippen LogP contribution in [0.25, 0.3) is 11.1 Å². The average molecular weight is 455 g/mol. The molecule has 8 nitrogen and oxygen atoms in total. The van der Waals surface area contributed by atoms with Crippen molar-refractivity contribution >= 4 is 18.0 Å². The van der Waals surface area contributed by atoms with E-state index in [1.54, 1.807) is 0 Å². The summed E-state index contributed by atoms with van der Waals surface area (Å²) in [4.78, 5) is 35.3. The van der Waals surface area contributed by atoms with Gasteiger partial charge in [0.2, 0.25) is 5.91 Å². The number of benzene rings is 2. The molecule has 3 unspecified atom stereocenters. The summed E-state index contributed by atoms with van der Waals surface area (Å²) >= 11 is 0. The van der Waals surface area contributed by atoms with E-state index in [2.05, 4.69) is 34.9 Å². The number of carboxylic acids is 1. The number of ether oxygens (including phenoxy) is 1. The molecule has 1 aliphatic rings. The SMILES string of the molecule is CC(CCCC(=O)NC(C(=O)O)C(C)O)NC(=O)OCC1c2ccccc2-c2ccccc21. The second-order valence-electron chi connectivity index (χ2n) is 8.39. The van der Waals surface area contributed by atoms with E-state index in [0.717, 1.165) is 22.3 Å². The first-order valence-corrected chi connectivity index (χ1v) is 11.1. The average Bonchev–Trinajstić information content (AvgIpc) is 3.09. The van der Waals surface area contributed by atoms with E-state index >= 15 is 0 Å². The number of hydrogen-bond donors (Lipinski definition) is 4. The molecule has 3 atom stereocenters. The van der Waals surface area contributed by atoms with Gasteiger partial charge in [0.15, 0.2) is 6.04 Å². The van der Waals surface area contributed by atoms with E-state index < -0.39 is 30.1 Å². The zero-order chi connectivity index (χ0) is 24.0. The minimum Gasteiger partial charge on any atom is -0.480 e. The van der Waals surface area contributed by atoms with E-state index in [4.69, 9.17) is 9.84 Å². The van der Waals surface area contributed by atoms with Crippen LogP contribution < -0.4 is 10.6 Å². The highest BCUT2D eigenvalue weighted by atomic mass is 16.5. The van der Waals surface area contributed by atoms with Crippen LogP contribution in [0.5, 0.6) is 0 Å². The molecule has 2 aromatic carbocycles. The van der Waals surface area contributed by atoms with Crippen molar-refractivity contribution in [3.05, 3.63) is 59.7 Å². The van der Waals surface area contributed by atoms with E-state index in [9.17, 15) is 19.5 Å². The molecule has 0 radical (unpaired) electrons. The van der Waals surface area contributed by atoms with Crippen LogP contribution in [0.2, 0.25) is 0 Å². The Balaban J connectivity index is 1.43. The van der Waals surface area contributed by atoms with E-state index in [-0.39, 0.29) is 25.0 Å². The Kier molecular flexibility index (Phi) is 8.06. The normalized spacial score (nSPS) is 15.0. The summed E-state index contributed by atoms with van der Waals surface area (Å²) in [6.07, 6.45) is -0.658. The predicted octanol–water partition coefficient (Wildman–Crippen LogP) is 3.03. The molecule has 0 aliphatic heterocycles. The molecule has 176 valence electrons. The van der Waals surface area contributed by atoms with Crippen molar-refractivity contribution in [3.8, 4) is 11.1 Å². The van der Waals surface area contributed by atoms with Gasteiger partial charge in [0.05, 0.1) is 6.10 Å². The first kappa shape index (κ1) is 24.3. The molecule has 0 spiro atoms. The lowest BCUT2D eigenvalue weighted by atomic mass is 9.98. The molecule has 2 amide bonds. The molecule has 0 saturated heterocycles. The van der Waals surface area contributed by atoms with Gasteiger partial charge in [-0.2, -0.15) is 0 Å². The topological polar surface area (TPSA) is 125 Å². The lowest BCUT2D eigenvalue weighted by molar-refractivity contribution is -0.144. The number of aliphatic carboxylic acids is 1. The lowest BCUT2D eigenvalue weighted by Gasteiger charge is -2.18. The summed E-state index contributed by atoms with van der Waals surface area (Å²) in [5.74, 6) is -1.77. The molecular formula is C25H30N2O6. The van der Waals surface area contributed by atoms with Crippen LogP contribution in [0.1, 0.15) is 50.2 Å². The Bertz CT molecular complexity index is 960. The van der Waals surface area contributed by atoms with Crippen molar-refractivity contribution in [2.45, 2.75) is 57.2 Å². The molecular weight excluding hydrogens is 424 g/mol. The van der Waals surface area contributed by atoms with Gasteiger partial charge in [-0.05, 0) is 48.9 Å². The minimum atomic E-state index is -1.34. The smallest absolute Gasteiger partial charge is 0.407 e. The van der Waals surface area contributed by atoms with Crippen LogP contribution in [-0.4, -0.2) is 53.0 Å². The highest BCUT2D eigenvalue weighted by Gasteiger charge is 2.29. The third-order valence-corrected chi connectivity index (χ3v) is 5.81. The number of fused-ring (bicyclic) bond motifs is 3. The molecule has 33 heavy (non-hydrogen) atoms. The van der Waals surface area contributed by atoms with Gasteiger partial charge < -0.3 is 25.6 Å². The molecule has 1 aliphatic carbocycles. The van der Waals surface area contributed by atoms with Gasteiger partial charge in [0.25, 0.3) is 0 Å². The third kappa shape index (κ3) is 6.10. The standard InChI is InChI=1S/C25H30N2O6/c1-15(8-7-13-22(29)27-23(16(2)28)24(30)31)26-25(32)33-14-21-19-11-5-3-9-17(19)18-10-4-6-12-20(18)21/h3-6,9-12,15-16,21,23,28H,7-8,13-14H2,1-2H3,(H,26,32)(H,27,29)(H,30,31). The zero-order valence-electron chi connectivity index (χ0n) is 18.8. The van der Waals surface area contributed by atoms with Gasteiger partial charge in [0, 0.05) is 18.4 Å². The summed E-state index contributed by atoms with van der Waals surface area (Å²) in [5, 5.41) is 23.5. The van der Waals surface area contributed by atoms with Crippen LogP contribution in [0.4, 0.5) is 4.79 Å². The maximum Gasteiger partial charge on any atom is 0.407 e. The highest BCUT2D eigenvalue weighted by Crippen LogP contribution is 2.44. The monoisotopic (exact) mass is 454 g/mol. The van der Waals surface area contributed by atoms with Crippen molar-refractivity contribution in [1.29, 1.82) is 0 Å². The molecule has 0 bridgehead atoms. The summed E-state index contributed by atoms with van der Waals surface area (Å²) in [6, 6.07) is 14.7. The number of aliphatic hydroxyl groups excluding tert-OH is 1. The highest BCUT2D eigenvalue weighted by molar-refractivity contribution is 5.84. The van der Waals surface area contributed by atoms with Crippen molar-refractivity contribution in [1.82, 2.24) is 10.6 Å². The Morgan fingerprint density at radius 1 is 0.970 bits per heavy atom. The van der Waals surface area contributed by atoms with Crippen molar-refractivity contribution in [2.24, 2.45) is 0 Å². The number of amides is 2. The van der Waals surface area contributed by atoms with E-state index in [0.29, 0.717) is 12.8 Å². The Labute approximate surface area is 193 Å². The van der Waals surface area contributed by atoms with Gasteiger partial charge in [-0.15, -0.1) is 0 Å². The van der Waals surface area contributed by atoms with Crippen molar-refractivity contribution in [3.63, 3.8) is 0 Å². The van der Waals surface area contributed by atoms with Crippen LogP contribution in [0.15, 0.2) is 48.5 Å². The molecule has 0 saturated carbocycles. The fraction of sp³-hybridized carbons (Fsp3) is 0.400. The third-order valence-electron chi connectivity index (χ3n) is 5.81. The summed E-state index contributed by atoms with van der Waals surface area (Å²) in [7, 11) is 0. The number of nitrogens with one attached hydrogen (secondary N) is 2. The number of alkyl carbamates (subject to hydrolysis) is 1. The first-order chi connectivity index (χ1) is 15.8. The largest absolute Gasteiger partial charge is 0.480 e. The molecule has 3 rings (SSSR count). The second-order valence-corrected chi connectivity index (χ2v) is 8.39. The number of hydrogen-bond acceptors (Lipinski definition) is 5. The van der Waals surface area contributed by atoms with Gasteiger partial charge in [0.1, 0.15) is 6.61 Å². The molecule has 0 aromatic heterocycles. The van der Waals surface area contributed by atoms with Crippen LogP contribution in [0, 0.1) is 0 Å². The van der Waals surface area contributed by atoms with Gasteiger partial charge >= 0.3 is 12.1 Å². The summed E-state index contributed by atoms with van der Waals surface area (Å²) in [6.45, 7) is 3.35. The Morgan fingerprint density at radius 2 is 1.55 bits per heavy atom. The minimum absolute atomic E-state index is 0.0155. The van der Waals surface area contributed by atoms with Crippen molar-refractivity contribution < 1.29 is 29.3 Å². The zero-order valence-corrected chi connectivity index (χ0v) is 18.8. The molecule has 2 aromatic rings. The number of carboxylic acid groups (broad SMARTS) is 1. The summed E-state index contributed by atoms with van der Waals surface area (Å²) in [5.41, 5.74) is 4.61. The van der Waals surface area contributed by atoms with E-state index in [1.165, 1.54) is 6.92 Å². The maximum absolute atomic E-state index is 12.3. The predicted molar refractivity (Wildman–Crippen MR) is 123 cm³/mol. The molecule has 4 N–H and O–H groups in total. The number of rotatable bonds is 10. The number of aliphatic hydroxyl groups is 1. The quantitative estimate of drug-likeness (QED) is 0.437. The van der Waals surface area contributed by atoms with Gasteiger partial charge in [-0.25, -0.2) is 9.59 Å². The molecule has 0 fully saturated rings. The Hall–Kier alpha value is -3.39. The summed E-state index contributed by atoms with van der Waals surface area (Å²) < 4.78 is 5.52. The van der Waals surface area contributed by atoms with Crippen molar-refractivity contribution in [2.75, 3.05) is 6.61 Å². The van der Waals surface area contributed by atoms with Gasteiger partial charge in [-0.3, -0.25) is 4.79 Å². The molecule has 0 heterocycles. The maximum atomic E-state index is 12.3. The Morgan fingerprint density at radius 3 is 2.09 bits per heavy atom. The van der Waals surface area contributed by atoms with Crippen LogP contribution >= 0.6 is 0 Å². The number of carbonyl (C=O) groups is 3. The van der Waals surface area contributed by atoms with Crippen LogP contribution in [-0.2, 0) is 14.3 Å². The van der Waals surface area contributed by atoms with Gasteiger partial charge in [-0.1, -0.05) is 48.5 Å². The van der Waals surface area contributed by atoms with E-state index in [1.807, 2.05) is 31.2 Å². The first-order valence-electron chi connectivity index (χ1n) is 11.1. The number of carbonyl (C=O) groups excluding carboxylic acids is 2. The fourth-order valence-electron chi connectivity index (χ4n) is 4.12.